The number of thioether (sulfide) groups is 1. The molecule has 0 radical (unpaired) electrons. The first-order valence-electron chi connectivity index (χ1n) is 6.79. The molecule has 1 amide bonds. The molecule has 0 aliphatic rings. The highest BCUT2D eigenvalue weighted by atomic mass is 32.2. The van der Waals surface area contributed by atoms with Gasteiger partial charge in [-0.05, 0) is 18.2 Å². The van der Waals surface area contributed by atoms with Crippen molar-refractivity contribution in [1.82, 2.24) is 0 Å². The number of carbonyl (C=O) groups is 1. The molecule has 0 saturated heterocycles. The van der Waals surface area contributed by atoms with Crippen LogP contribution in [0.2, 0.25) is 0 Å². The van der Waals surface area contributed by atoms with Gasteiger partial charge in [0.1, 0.15) is 0 Å². The molecular formula is C16H16N2O3S. The molecule has 0 spiro atoms. The normalized spacial score (nSPS) is 11.7. The molecule has 5 nitrogen and oxygen atoms in total. The zero-order chi connectivity index (χ0) is 15.9. The van der Waals surface area contributed by atoms with Gasteiger partial charge in [-0.1, -0.05) is 31.2 Å². The molecule has 0 aliphatic heterocycles. The molecule has 6 heteroatoms. The van der Waals surface area contributed by atoms with Gasteiger partial charge in [-0.3, -0.25) is 14.9 Å². The molecule has 1 unspecified atom stereocenters. The van der Waals surface area contributed by atoms with E-state index in [1.807, 2.05) is 37.3 Å². The molecule has 22 heavy (non-hydrogen) atoms. The van der Waals surface area contributed by atoms with E-state index < -0.39 is 4.92 Å². The number of nitro benzene ring substituents is 1. The van der Waals surface area contributed by atoms with Crippen molar-refractivity contribution in [3.63, 3.8) is 0 Å². The molecule has 2 rings (SSSR count). The third kappa shape index (κ3) is 4.60. The van der Waals surface area contributed by atoms with Crippen LogP contribution in [0.15, 0.2) is 59.5 Å². The van der Waals surface area contributed by atoms with Gasteiger partial charge >= 0.3 is 0 Å². The maximum atomic E-state index is 12.1. The minimum atomic E-state index is -0.482. The number of non-ortho nitro benzene ring substituents is 1. The third-order valence-corrected chi connectivity index (χ3v) is 4.29. The smallest absolute Gasteiger partial charge is 0.271 e. The Kier molecular flexibility index (Phi) is 5.55. The van der Waals surface area contributed by atoms with Crippen LogP contribution < -0.4 is 5.32 Å². The van der Waals surface area contributed by atoms with E-state index in [9.17, 15) is 14.9 Å². The van der Waals surface area contributed by atoms with Gasteiger partial charge < -0.3 is 5.32 Å². The Labute approximate surface area is 132 Å². The summed E-state index contributed by atoms with van der Waals surface area (Å²) in [5, 5.41) is 13.4. The molecule has 1 atom stereocenters. The second-order valence-electron chi connectivity index (χ2n) is 4.82. The van der Waals surface area contributed by atoms with Crippen LogP contribution in [0.4, 0.5) is 11.4 Å². The predicted octanol–water partition coefficient (Wildman–Crippen LogP) is 3.96. The van der Waals surface area contributed by atoms with Gasteiger partial charge in [0.15, 0.2) is 0 Å². The van der Waals surface area contributed by atoms with Gasteiger partial charge in [-0.25, -0.2) is 0 Å². The lowest BCUT2D eigenvalue weighted by Gasteiger charge is -2.12. The van der Waals surface area contributed by atoms with E-state index in [1.165, 1.54) is 12.1 Å². The van der Waals surface area contributed by atoms with Gasteiger partial charge in [-0.15, -0.1) is 11.8 Å². The van der Waals surface area contributed by atoms with Gasteiger partial charge in [0.2, 0.25) is 5.91 Å². The quantitative estimate of drug-likeness (QED) is 0.497. The Morgan fingerprint density at radius 2 is 1.95 bits per heavy atom. The van der Waals surface area contributed by atoms with Crippen LogP contribution in [0.25, 0.3) is 0 Å². The summed E-state index contributed by atoms with van der Waals surface area (Å²) in [5.41, 5.74) is 0.403. The summed E-state index contributed by atoms with van der Waals surface area (Å²) in [5.74, 6) is 0.290. The number of hydrogen-bond donors (Lipinski definition) is 1. The summed E-state index contributed by atoms with van der Waals surface area (Å²) in [6.07, 6.45) is 0. The molecule has 0 aliphatic carbocycles. The zero-order valence-electron chi connectivity index (χ0n) is 12.1. The van der Waals surface area contributed by atoms with Crippen molar-refractivity contribution in [3.8, 4) is 0 Å². The van der Waals surface area contributed by atoms with Crippen LogP contribution in [0.3, 0.4) is 0 Å². The van der Waals surface area contributed by atoms with Crippen molar-refractivity contribution in [2.45, 2.75) is 11.8 Å². The zero-order valence-corrected chi connectivity index (χ0v) is 12.9. The second kappa shape index (κ2) is 7.61. The molecule has 0 aromatic heterocycles. The summed E-state index contributed by atoms with van der Waals surface area (Å²) in [7, 11) is 0. The van der Waals surface area contributed by atoms with Crippen molar-refractivity contribution < 1.29 is 9.72 Å². The molecular weight excluding hydrogens is 300 g/mol. The summed E-state index contributed by atoms with van der Waals surface area (Å²) in [6, 6.07) is 15.8. The lowest BCUT2D eigenvalue weighted by Crippen LogP contribution is -2.22. The first-order valence-corrected chi connectivity index (χ1v) is 7.78. The minimum absolute atomic E-state index is 0.0379. The van der Waals surface area contributed by atoms with Gasteiger partial charge in [-0.2, -0.15) is 0 Å². The first kappa shape index (κ1) is 16.0. The standard InChI is InChI=1S/C16H16N2O3S/c1-12(11-22-15-8-3-2-4-9-15)16(19)17-13-6-5-7-14(10-13)18(20)21/h2-10,12H,11H2,1H3,(H,17,19). The van der Waals surface area contributed by atoms with E-state index in [2.05, 4.69) is 5.32 Å². The van der Waals surface area contributed by atoms with Crippen molar-refractivity contribution in [2.75, 3.05) is 11.1 Å². The van der Waals surface area contributed by atoms with E-state index in [-0.39, 0.29) is 17.5 Å². The van der Waals surface area contributed by atoms with Gasteiger partial charge in [0.25, 0.3) is 5.69 Å². The highest BCUT2D eigenvalue weighted by Crippen LogP contribution is 2.22. The average Bonchev–Trinajstić information content (AvgIpc) is 2.53. The Morgan fingerprint density at radius 1 is 1.23 bits per heavy atom. The molecule has 0 saturated carbocycles. The Balaban J connectivity index is 1.91. The highest BCUT2D eigenvalue weighted by molar-refractivity contribution is 7.99. The van der Waals surface area contributed by atoms with Crippen molar-refractivity contribution >= 4 is 29.0 Å². The van der Waals surface area contributed by atoms with Crippen LogP contribution in [-0.4, -0.2) is 16.6 Å². The number of anilines is 1. The number of nitrogens with one attached hydrogen (secondary N) is 1. The van der Waals surface area contributed by atoms with Crippen molar-refractivity contribution in [1.29, 1.82) is 0 Å². The number of nitro groups is 1. The fourth-order valence-corrected chi connectivity index (χ4v) is 2.72. The maximum absolute atomic E-state index is 12.1. The Bertz CT molecular complexity index is 661. The SMILES string of the molecule is CC(CSc1ccccc1)C(=O)Nc1cccc([N+](=O)[O-])c1. The Hall–Kier alpha value is -2.34. The lowest BCUT2D eigenvalue weighted by atomic mass is 10.2. The number of carbonyl (C=O) groups excluding carboxylic acids is 1. The molecule has 2 aromatic carbocycles. The average molecular weight is 316 g/mol. The third-order valence-electron chi connectivity index (χ3n) is 3.02. The van der Waals surface area contributed by atoms with E-state index >= 15 is 0 Å². The number of amides is 1. The van der Waals surface area contributed by atoms with Crippen LogP contribution in [-0.2, 0) is 4.79 Å². The molecule has 0 fully saturated rings. The van der Waals surface area contributed by atoms with Crippen LogP contribution in [0, 0.1) is 16.0 Å². The number of rotatable bonds is 6. The summed E-state index contributed by atoms with van der Waals surface area (Å²) < 4.78 is 0. The monoisotopic (exact) mass is 316 g/mol. The largest absolute Gasteiger partial charge is 0.326 e. The van der Waals surface area contributed by atoms with Gasteiger partial charge in [0, 0.05) is 34.4 Å². The fourth-order valence-electron chi connectivity index (χ4n) is 1.78. The molecule has 0 heterocycles. The first-order chi connectivity index (χ1) is 10.6. The topological polar surface area (TPSA) is 72.2 Å². The summed E-state index contributed by atoms with van der Waals surface area (Å²) >= 11 is 1.61. The van der Waals surface area contributed by atoms with E-state index in [0.29, 0.717) is 11.4 Å². The van der Waals surface area contributed by atoms with Crippen LogP contribution in [0.5, 0.6) is 0 Å². The van der Waals surface area contributed by atoms with E-state index in [4.69, 9.17) is 0 Å². The van der Waals surface area contributed by atoms with Crippen LogP contribution >= 0.6 is 11.8 Å². The van der Waals surface area contributed by atoms with Crippen LogP contribution in [0.1, 0.15) is 6.92 Å². The lowest BCUT2D eigenvalue weighted by molar-refractivity contribution is -0.384. The second-order valence-corrected chi connectivity index (χ2v) is 5.92. The van der Waals surface area contributed by atoms with E-state index in [0.717, 1.165) is 4.90 Å². The number of benzene rings is 2. The predicted molar refractivity (Wildman–Crippen MR) is 88.1 cm³/mol. The fraction of sp³-hybridized carbons (Fsp3) is 0.188. The van der Waals surface area contributed by atoms with Crippen molar-refractivity contribution in [3.05, 3.63) is 64.7 Å². The van der Waals surface area contributed by atoms with E-state index in [1.54, 1.807) is 23.9 Å². The Morgan fingerprint density at radius 3 is 2.64 bits per heavy atom. The van der Waals surface area contributed by atoms with Gasteiger partial charge in [0.05, 0.1) is 4.92 Å². The van der Waals surface area contributed by atoms with Crippen molar-refractivity contribution in [2.24, 2.45) is 5.92 Å². The summed E-state index contributed by atoms with van der Waals surface area (Å²) in [6.45, 7) is 1.84. The summed E-state index contributed by atoms with van der Waals surface area (Å²) in [4.78, 5) is 23.5. The number of hydrogen-bond acceptors (Lipinski definition) is 4. The minimum Gasteiger partial charge on any atom is -0.326 e. The molecule has 114 valence electrons. The molecule has 0 bridgehead atoms. The highest BCUT2D eigenvalue weighted by Gasteiger charge is 2.14. The molecule has 1 N–H and O–H groups in total. The molecule has 2 aromatic rings. The number of nitrogens with zero attached hydrogens (tertiary/aromatic N) is 1. The maximum Gasteiger partial charge on any atom is 0.271 e.